The van der Waals surface area contributed by atoms with Crippen LogP contribution in [0, 0.1) is 0 Å². The van der Waals surface area contributed by atoms with E-state index < -0.39 is 0 Å². The molecule has 0 spiro atoms. The molecule has 6 nitrogen and oxygen atoms in total. The molecule has 1 atom stereocenters. The summed E-state index contributed by atoms with van der Waals surface area (Å²) in [6.45, 7) is 3.28. The molecule has 0 aliphatic carbocycles. The summed E-state index contributed by atoms with van der Waals surface area (Å²) >= 11 is 3.42. The van der Waals surface area contributed by atoms with Gasteiger partial charge in [0.05, 0.1) is 18.7 Å². The Hall–Kier alpha value is -2.13. The second-order valence-corrected chi connectivity index (χ2v) is 8.15. The van der Waals surface area contributed by atoms with Gasteiger partial charge in [0.1, 0.15) is 16.8 Å². The highest BCUT2D eigenvalue weighted by Gasteiger charge is 2.26. The largest absolute Gasteiger partial charge is 0.369 e. The fourth-order valence-corrected chi connectivity index (χ4v) is 4.64. The maximum Gasteiger partial charge on any atom is 0.121 e. The normalized spacial score (nSPS) is 18.5. The van der Waals surface area contributed by atoms with Gasteiger partial charge in [0.2, 0.25) is 0 Å². The molecule has 0 saturated carbocycles. The molecule has 8 heteroatoms. The summed E-state index contributed by atoms with van der Waals surface area (Å²) in [5.74, 6) is 0. The number of hydrogen-bond acceptors (Lipinski definition) is 7. The van der Waals surface area contributed by atoms with Crippen molar-refractivity contribution < 1.29 is 4.74 Å². The lowest BCUT2D eigenvalue weighted by molar-refractivity contribution is -0.0343. The number of pyridine rings is 1. The Morgan fingerprint density at radius 3 is 3.04 bits per heavy atom. The Bertz CT molecular complexity index is 996. The molecule has 1 aliphatic rings. The topological polar surface area (TPSA) is 55.5 Å². The number of aromatic nitrogens is 4. The first-order valence-corrected chi connectivity index (χ1v) is 10.2. The minimum absolute atomic E-state index is 0.0613. The molecule has 26 heavy (non-hydrogen) atoms. The zero-order valence-electron chi connectivity index (χ0n) is 14.0. The fourth-order valence-electron chi connectivity index (χ4n) is 3.27. The molecule has 1 aliphatic heterocycles. The summed E-state index contributed by atoms with van der Waals surface area (Å²) in [5.41, 5.74) is 3.07. The minimum Gasteiger partial charge on any atom is -0.369 e. The van der Waals surface area contributed by atoms with Crippen molar-refractivity contribution >= 4 is 28.2 Å². The zero-order valence-corrected chi connectivity index (χ0v) is 15.6. The van der Waals surface area contributed by atoms with Crippen molar-refractivity contribution in [1.82, 2.24) is 24.7 Å². The first kappa shape index (κ1) is 16.1. The van der Waals surface area contributed by atoms with Crippen LogP contribution in [-0.4, -0.2) is 44.4 Å². The second kappa shape index (κ2) is 6.88. The summed E-state index contributed by atoms with van der Waals surface area (Å²) in [7, 11) is 0. The molecular formula is C18H17N5OS2. The van der Waals surface area contributed by atoms with Crippen molar-refractivity contribution in [3.63, 3.8) is 0 Å². The van der Waals surface area contributed by atoms with E-state index >= 15 is 0 Å². The second-order valence-electron chi connectivity index (χ2n) is 6.22. The van der Waals surface area contributed by atoms with E-state index in [1.807, 2.05) is 22.3 Å². The Balaban J connectivity index is 1.39. The van der Waals surface area contributed by atoms with E-state index in [-0.39, 0.29) is 6.10 Å². The molecule has 0 unspecified atom stereocenters. The molecule has 132 valence electrons. The summed E-state index contributed by atoms with van der Waals surface area (Å²) in [4.78, 5) is 7.99. The number of rotatable bonds is 4. The number of morpholine rings is 1. The molecule has 0 radical (unpaired) electrons. The van der Waals surface area contributed by atoms with Gasteiger partial charge < -0.3 is 4.74 Å². The average molecular weight is 384 g/mol. The molecule has 0 N–H and O–H groups in total. The van der Waals surface area contributed by atoms with Gasteiger partial charge in [0, 0.05) is 41.3 Å². The quantitative estimate of drug-likeness (QED) is 0.540. The lowest BCUT2D eigenvalue weighted by Gasteiger charge is -2.31. The number of thiophene rings is 1. The van der Waals surface area contributed by atoms with Crippen LogP contribution in [0.1, 0.15) is 16.8 Å². The van der Waals surface area contributed by atoms with Crippen LogP contribution < -0.4 is 0 Å². The SMILES string of the molecule is c1csc(-c2ccc3c([C@H]4CN(Cc5nccs5)CCO4)nnn3c2)c1. The van der Waals surface area contributed by atoms with Crippen LogP contribution in [0.15, 0.2) is 47.4 Å². The van der Waals surface area contributed by atoms with Crippen LogP contribution in [0.5, 0.6) is 0 Å². The standard InChI is InChI=1S/C18H17N5OS2/c1-2-16(25-8-1)13-3-4-14-18(20-21-23(14)10-13)15-11-22(6-7-24-15)12-17-19-5-9-26-17/h1-5,8-10,15H,6-7,11-12H2/t15-/m1/s1. The number of fused-ring (bicyclic) bond motifs is 1. The summed E-state index contributed by atoms with van der Waals surface area (Å²) in [6, 6.07) is 8.39. The van der Waals surface area contributed by atoms with Crippen LogP contribution in [0.4, 0.5) is 0 Å². The van der Waals surface area contributed by atoms with E-state index in [2.05, 4.69) is 49.8 Å². The van der Waals surface area contributed by atoms with Crippen LogP contribution >= 0.6 is 22.7 Å². The molecule has 1 fully saturated rings. The van der Waals surface area contributed by atoms with E-state index in [9.17, 15) is 0 Å². The Morgan fingerprint density at radius 2 is 2.19 bits per heavy atom. The number of ether oxygens (including phenoxy) is 1. The van der Waals surface area contributed by atoms with Gasteiger partial charge in [-0.2, -0.15) is 0 Å². The van der Waals surface area contributed by atoms with Crippen molar-refractivity contribution in [2.24, 2.45) is 0 Å². The van der Waals surface area contributed by atoms with Gasteiger partial charge in [0.25, 0.3) is 0 Å². The minimum atomic E-state index is -0.0613. The van der Waals surface area contributed by atoms with E-state index in [0.29, 0.717) is 6.61 Å². The third kappa shape index (κ3) is 3.05. The van der Waals surface area contributed by atoms with Crippen molar-refractivity contribution in [2.45, 2.75) is 12.6 Å². The first-order chi connectivity index (χ1) is 12.9. The molecule has 4 aromatic rings. The molecule has 0 aromatic carbocycles. The Morgan fingerprint density at radius 1 is 1.19 bits per heavy atom. The van der Waals surface area contributed by atoms with Gasteiger partial charge in [-0.1, -0.05) is 11.3 Å². The molecule has 5 rings (SSSR count). The van der Waals surface area contributed by atoms with Crippen LogP contribution in [-0.2, 0) is 11.3 Å². The summed E-state index contributed by atoms with van der Waals surface area (Å²) in [5, 5.41) is 14.0. The lowest BCUT2D eigenvalue weighted by atomic mass is 10.1. The summed E-state index contributed by atoms with van der Waals surface area (Å²) in [6.07, 6.45) is 3.83. The Labute approximate surface area is 158 Å². The van der Waals surface area contributed by atoms with Crippen molar-refractivity contribution in [2.75, 3.05) is 19.7 Å². The highest BCUT2D eigenvalue weighted by Crippen LogP contribution is 2.28. The third-order valence-electron chi connectivity index (χ3n) is 4.54. The first-order valence-electron chi connectivity index (χ1n) is 8.48. The highest BCUT2D eigenvalue weighted by atomic mass is 32.1. The smallest absolute Gasteiger partial charge is 0.121 e. The van der Waals surface area contributed by atoms with Crippen molar-refractivity contribution in [3.05, 3.63) is 58.1 Å². The predicted octanol–water partition coefficient (Wildman–Crippen LogP) is 3.49. The third-order valence-corrected chi connectivity index (χ3v) is 6.23. The summed E-state index contributed by atoms with van der Waals surface area (Å²) < 4.78 is 7.86. The molecule has 0 bridgehead atoms. The van der Waals surface area contributed by atoms with Gasteiger partial charge >= 0.3 is 0 Å². The number of thiazole rings is 1. The van der Waals surface area contributed by atoms with Crippen molar-refractivity contribution in [3.8, 4) is 10.4 Å². The number of hydrogen-bond donors (Lipinski definition) is 0. The maximum atomic E-state index is 6.01. The lowest BCUT2D eigenvalue weighted by Crippen LogP contribution is -2.38. The van der Waals surface area contributed by atoms with E-state index in [1.54, 1.807) is 22.7 Å². The van der Waals surface area contributed by atoms with Crippen LogP contribution in [0.3, 0.4) is 0 Å². The monoisotopic (exact) mass is 383 g/mol. The molecule has 0 amide bonds. The average Bonchev–Trinajstić information content (AvgIpc) is 3.43. The molecule has 4 aromatic heterocycles. The molecule has 5 heterocycles. The van der Waals surface area contributed by atoms with Crippen molar-refractivity contribution in [1.29, 1.82) is 0 Å². The van der Waals surface area contributed by atoms with Gasteiger partial charge in [-0.05, 0) is 23.6 Å². The Kier molecular flexibility index (Phi) is 4.25. The van der Waals surface area contributed by atoms with Gasteiger partial charge in [-0.15, -0.1) is 27.8 Å². The van der Waals surface area contributed by atoms with E-state index in [0.717, 1.165) is 41.4 Å². The highest BCUT2D eigenvalue weighted by molar-refractivity contribution is 7.13. The van der Waals surface area contributed by atoms with E-state index in [4.69, 9.17) is 4.74 Å². The predicted molar refractivity (Wildman–Crippen MR) is 102 cm³/mol. The van der Waals surface area contributed by atoms with Gasteiger partial charge in [-0.25, -0.2) is 9.50 Å². The van der Waals surface area contributed by atoms with Gasteiger partial charge in [0.15, 0.2) is 0 Å². The van der Waals surface area contributed by atoms with Crippen LogP contribution in [0.2, 0.25) is 0 Å². The fraction of sp³-hybridized carbons (Fsp3) is 0.278. The zero-order chi connectivity index (χ0) is 17.3. The molecular weight excluding hydrogens is 366 g/mol. The number of nitrogens with zero attached hydrogens (tertiary/aromatic N) is 5. The van der Waals surface area contributed by atoms with E-state index in [1.165, 1.54) is 4.88 Å². The molecule has 1 saturated heterocycles. The van der Waals surface area contributed by atoms with Crippen LogP contribution in [0.25, 0.3) is 16.0 Å². The maximum absolute atomic E-state index is 6.01. The van der Waals surface area contributed by atoms with Gasteiger partial charge in [-0.3, -0.25) is 4.90 Å².